The normalized spacial score (nSPS) is 25.1. The van der Waals surface area contributed by atoms with Crippen LogP contribution in [0.5, 0.6) is 0 Å². The predicted octanol–water partition coefficient (Wildman–Crippen LogP) is -0.328. The summed E-state index contributed by atoms with van der Waals surface area (Å²) in [4.78, 5) is 22.0. The van der Waals surface area contributed by atoms with Gasteiger partial charge in [-0.3, -0.25) is 9.59 Å². The fraction of sp³-hybridized carbons (Fsp3) is 0.778. The Morgan fingerprint density at radius 3 is 2.73 bits per heavy atom. The van der Waals surface area contributed by atoms with Gasteiger partial charge in [-0.15, -0.1) is 0 Å². The standard InChI is InChI=1S/C9H16N2O3S/c1-10-7(12)2-4-11-9(8(13)14)3-5-15-6-9/h11H,2-6H2,1H3,(H,10,12)(H,13,14). The minimum absolute atomic E-state index is 0.0753. The molecule has 86 valence electrons. The zero-order valence-corrected chi connectivity index (χ0v) is 9.52. The molecule has 0 aromatic heterocycles. The first kappa shape index (κ1) is 12.3. The van der Waals surface area contributed by atoms with Gasteiger partial charge in [-0.05, 0) is 12.2 Å². The summed E-state index contributed by atoms with van der Waals surface area (Å²) in [6.45, 7) is 0.409. The quantitative estimate of drug-likeness (QED) is 0.605. The van der Waals surface area contributed by atoms with E-state index in [1.807, 2.05) is 0 Å². The maximum absolute atomic E-state index is 11.1. The number of aliphatic carboxylic acids is 1. The summed E-state index contributed by atoms with van der Waals surface area (Å²) in [6, 6.07) is 0. The van der Waals surface area contributed by atoms with Crippen LogP contribution >= 0.6 is 11.8 Å². The topological polar surface area (TPSA) is 78.4 Å². The third-order valence-corrected chi connectivity index (χ3v) is 3.72. The van der Waals surface area contributed by atoms with Crippen LogP contribution in [-0.2, 0) is 9.59 Å². The summed E-state index contributed by atoms with van der Waals surface area (Å²) < 4.78 is 0. The molecule has 15 heavy (non-hydrogen) atoms. The van der Waals surface area contributed by atoms with Gasteiger partial charge in [0.25, 0.3) is 0 Å². The number of amides is 1. The lowest BCUT2D eigenvalue weighted by atomic mass is 9.99. The molecule has 1 heterocycles. The first-order chi connectivity index (χ1) is 7.10. The molecule has 1 unspecified atom stereocenters. The minimum Gasteiger partial charge on any atom is -0.480 e. The Labute approximate surface area is 93.0 Å². The Balaban J connectivity index is 2.39. The zero-order valence-electron chi connectivity index (χ0n) is 8.71. The summed E-state index contributed by atoms with van der Waals surface area (Å²) >= 11 is 1.63. The number of carbonyl (C=O) groups excluding carboxylic acids is 1. The monoisotopic (exact) mass is 232 g/mol. The molecule has 6 heteroatoms. The van der Waals surface area contributed by atoms with Crippen LogP contribution in [0.2, 0.25) is 0 Å². The highest BCUT2D eigenvalue weighted by atomic mass is 32.2. The van der Waals surface area contributed by atoms with E-state index >= 15 is 0 Å². The summed E-state index contributed by atoms with van der Waals surface area (Å²) in [5.41, 5.74) is -0.821. The Morgan fingerprint density at radius 2 is 2.27 bits per heavy atom. The number of carbonyl (C=O) groups is 2. The van der Waals surface area contributed by atoms with E-state index < -0.39 is 11.5 Å². The molecule has 1 amide bonds. The molecule has 1 saturated heterocycles. The van der Waals surface area contributed by atoms with E-state index in [0.29, 0.717) is 25.1 Å². The van der Waals surface area contributed by atoms with E-state index in [1.54, 1.807) is 18.8 Å². The SMILES string of the molecule is CNC(=O)CCNC1(C(=O)O)CCSC1. The molecule has 1 aliphatic heterocycles. The fourth-order valence-electron chi connectivity index (χ4n) is 1.49. The van der Waals surface area contributed by atoms with Crippen molar-refractivity contribution in [3.63, 3.8) is 0 Å². The Morgan fingerprint density at radius 1 is 1.53 bits per heavy atom. The second kappa shape index (κ2) is 5.37. The second-order valence-corrected chi connectivity index (χ2v) is 4.64. The van der Waals surface area contributed by atoms with E-state index in [4.69, 9.17) is 5.11 Å². The lowest BCUT2D eigenvalue weighted by Gasteiger charge is -2.24. The molecule has 0 bridgehead atoms. The highest BCUT2D eigenvalue weighted by Gasteiger charge is 2.41. The van der Waals surface area contributed by atoms with Crippen molar-refractivity contribution in [2.24, 2.45) is 0 Å². The molecule has 0 radical (unpaired) electrons. The van der Waals surface area contributed by atoms with Gasteiger partial charge in [0.05, 0.1) is 0 Å². The number of carboxylic acid groups (broad SMARTS) is 1. The number of hydrogen-bond acceptors (Lipinski definition) is 4. The molecule has 3 N–H and O–H groups in total. The van der Waals surface area contributed by atoms with Gasteiger partial charge in [-0.25, -0.2) is 0 Å². The average molecular weight is 232 g/mol. The second-order valence-electron chi connectivity index (χ2n) is 3.54. The third kappa shape index (κ3) is 3.10. The van der Waals surface area contributed by atoms with E-state index in [1.165, 1.54) is 0 Å². The molecule has 0 saturated carbocycles. The molecule has 1 fully saturated rings. The van der Waals surface area contributed by atoms with Gasteiger partial charge in [0.1, 0.15) is 5.54 Å². The zero-order chi connectivity index (χ0) is 11.3. The maximum atomic E-state index is 11.1. The number of hydrogen-bond donors (Lipinski definition) is 3. The smallest absolute Gasteiger partial charge is 0.324 e. The van der Waals surface area contributed by atoms with Crippen LogP contribution in [0.3, 0.4) is 0 Å². The van der Waals surface area contributed by atoms with Gasteiger partial charge in [0.15, 0.2) is 0 Å². The summed E-state index contributed by atoms with van der Waals surface area (Å²) in [5.74, 6) is 0.549. The van der Waals surface area contributed by atoms with Gasteiger partial charge >= 0.3 is 5.97 Å². The van der Waals surface area contributed by atoms with Crippen molar-refractivity contribution in [2.75, 3.05) is 25.1 Å². The van der Waals surface area contributed by atoms with Crippen LogP contribution in [0.15, 0.2) is 0 Å². The van der Waals surface area contributed by atoms with Crippen molar-refractivity contribution in [3.05, 3.63) is 0 Å². The molecule has 0 aromatic rings. The molecule has 0 aliphatic carbocycles. The van der Waals surface area contributed by atoms with Crippen molar-refractivity contribution in [1.29, 1.82) is 0 Å². The number of thioether (sulfide) groups is 1. The maximum Gasteiger partial charge on any atom is 0.324 e. The molecule has 1 rings (SSSR count). The highest BCUT2D eigenvalue weighted by Crippen LogP contribution is 2.28. The first-order valence-corrected chi connectivity index (χ1v) is 6.03. The van der Waals surface area contributed by atoms with Gasteiger partial charge in [0, 0.05) is 25.8 Å². The highest BCUT2D eigenvalue weighted by molar-refractivity contribution is 7.99. The summed E-state index contributed by atoms with van der Waals surface area (Å²) in [7, 11) is 1.57. The van der Waals surface area contributed by atoms with Gasteiger partial charge < -0.3 is 15.7 Å². The molecule has 0 aromatic carbocycles. The van der Waals surface area contributed by atoms with Crippen LogP contribution in [-0.4, -0.2) is 47.6 Å². The van der Waals surface area contributed by atoms with Crippen LogP contribution in [0.4, 0.5) is 0 Å². The van der Waals surface area contributed by atoms with Gasteiger partial charge in [-0.2, -0.15) is 11.8 Å². The predicted molar refractivity (Wildman–Crippen MR) is 59.0 cm³/mol. The third-order valence-electron chi connectivity index (χ3n) is 2.53. The van der Waals surface area contributed by atoms with Crippen molar-refractivity contribution in [1.82, 2.24) is 10.6 Å². The van der Waals surface area contributed by atoms with Crippen LogP contribution in [0, 0.1) is 0 Å². The fourth-order valence-corrected chi connectivity index (χ4v) is 2.84. The van der Waals surface area contributed by atoms with E-state index in [9.17, 15) is 9.59 Å². The molecular weight excluding hydrogens is 216 g/mol. The number of carboxylic acids is 1. The van der Waals surface area contributed by atoms with Crippen LogP contribution < -0.4 is 10.6 Å². The molecule has 0 spiro atoms. The molecule has 5 nitrogen and oxygen atoms in total. The van der Waals surface area contributed by atoms with E-state index in [0.717, 1.165) is 5.75 Å². The van der Waals surface area contributed by atoms with Crippen molar-refractivity contribution >= 4 is 23.6 Å². The van der Waals surface area contributed by atoms with E-state index in [2.05, 4.69) is 10.6 Å². The van der Waals surface area contributed by atoms with E-state index in [-0.39, 0.29) is 5.91 Å². The van der Waals surface area contributed by atoms with Crippen LogP contribution in [0.1, 0.15) is 12.8 Å². The first-order valence-electron chi connectivity index (χ1n) is 4.87. The Hall–Kier alpha value is -0.750. The van der Waals surface area contributed by atoms with Gasteiger partial charge in [0.2, 0.25) is 5.91 Å². The Kier molecular flexibility index (Phi) is 4.41. The largest absolute Gasteiger partial charge is 0.480 e. The van der Waals surface area contributed by atoms with Crippen molar-refractivity contribution in [3.8, 4) is 0 Å². The lowest BCUT2D eigenvalue weighted by molar-refractivity contribution is -0.144. The number of nitrogens with one attached hydrogen (secondary N) is 2. The molecule has 1 atom stereocenters. The number of rotatable bonds is 5. The van der Waals surface area contributed by atoms with Gasteiger partial charge in [-0.1, -0.05) is 0 Å². The Bertz CT molecular complexity index is 252. The van der Waals surface area contributed by atoms with Crippen molar-refractivity contribution in [2.45, 2.75) is 18.4 Å². The van der Waals surface area contributed by atoms with Crippen LogP contribution in [0.25, 0.3) is 0 Å². The minimum atomic E-state index is -0.821. The summed E-state index contributed by atoms with van der Waals surface area (Å²) in [5, 5.41) is 14.6. The lowest BCUT2D eigenvalue weighted by Crippen LogP contribution is -2.53. The molecule has 1 aliphatic rings. The summed E-state index contributed by atoms with van der Waals surface area (Å²) in [6.07, 6.45) is 0.941. The van der Waals surface area contributed by atoms with Crippen molar-refractivity contribution < 1.29 is 14.7 Å². The molecular formula is C9H16N2O3S. The average Bonchev–Trinajstić information content (AvgIpc) is 2.67.